The molecule has 0 saturated carbocycles. The van der Waals surface area contributed by atoms with E-state index in [1.807, 2.05) is 0 Å². The van der Waals surface area contributed by atoms with Crippen LogP contribution in [0.15, 0.2) is 36.7 Å². The summed E-state index contributed by atoms with van der Waals surface area (Å²) in [4.78, 5) is 28.0. The Balaban J connectivity index is 2.37. The predicted molar refractivity (Wildman–Crippen MR) is 56.5 cm³/mol. The van der Waals surface area contributed by atoms with Crippen LogP contribution in [0.3, 0.4) is 0 Å². The monoisotopic (exact) mass is 226 g/mol. The van der Waals surface area contributed by atoms with Gasteiger partial charge in [0.05, 0.1) is 5.56 Å². The van der Waals surface area contributed by atoms with Gasteiger partial charge in [-0.3, -0.25) is 14.6 Å². The number of fused-ring (bicyclic) bond motifs is 2. The van der Waals surface area contributed by atoms with E-state index in [-0.39, 0.29) is 28.3 Å². The van der Waals surface area contributed by atoms with Crippen LogP contribution in [0.5, 0.6) is 0 Å². The van der Waals surface area contributed by atoms with E-state index >= 15 is 0 Å². The normalized spacial score (nSPS) is 13.2. The number of carbonyl (C=O) groups is 2. The third kappa shape index (κ3) is 1.19. The van der Waals surface area contributed by atoms with Gasteiger partial charge in [-0.15, -0.1) is 0 Å². The smallest absolute Gasteiger partial charge is 0.277 e. The van der Waals surface area contributed by atoms with Gasteiger partial charge in [0, 0.05) is 12.3 Å². The largest absolute Gasteiger partial charge is 0.618 e. The predicted octanol–water partition coefficient (Wildman–Crippen LogP) is 0.490. The van der Waals surface area contributed by atoms with Gasteiger partial charge in [-0.05, 0) is 18.2 Å². The lowest BCUT2D eigenvalue weighted by Gasteiger charge is -2.14. The minimum atomic E-state index is -0.509. The Morgan fingerprint density at radius 3 is 2.65 bits per heavy atom. The highest BCUT2D eigenvalue weighted by molar-refractivity contribution is 6.26. The van der Waals surface area contributed by atoms with Crippen molar-refractivity contribution in [2.24, 2.45) is 0 Å². The number of rotatable bonds is 0. The van der Waals surface area contributed by atoms with E-state index < -0.39 is 5.78 Å². The lowest BCUT2D eigenvalue weighted by atomic mass is 9.90. The maximum Gasteiger partial charge on any atom is 0.277 e. The fraction of sp³-hybridized carbons (Fsp3) is 0. The molecule has 5 heteroatoms. The highest BCUT2D eigenvalue weighted by Crippen LogP contribution is 2.22. The molecule has 0 aliphatic heterocycles. The third-order valence-corrected chi connectivity index (χ3v) is 2.69. The molecule has 2 heterocycles. The van der Waals surface area contributed by atoms with Crippen LogP contribution < -0.4 is 4.73 Å². The summed E-state index contributed by atoms with van der Waals surface area (Å²) in [6, 6.07) is 6.04. The molecule has 3 rings (SSSR count). The molecular formula is C12H6N2O3. The second kappa shape index (κ2) is 3.21. The quantitative estimate of drug-likeness (QED) is 0.413. The minimum absolute atomic E-state index is 0.0424. The highest BCUT2D eigenvalue weighted by atomic mass is 16.5. The zero-order valence-electron chi connectivity index (χ0n) is 8.58. The van der Waals surface area contributed by atoms with E-state index in [0.717, 1.165) is 0 Å². The summed E-state index contributed by atoms with van der Waals surface area (Å²) in [6.07, 6.45) is 2.62. The Morgan fingerprint density at radius 2 is 1.82 bits per heavy atom. The number of hydrogen-bond acceptors (Lipinski definition) is 4. The molecule has 82 valence electrons. The lowest BCUT2D eigenvalue weighted by Crippen LogP contribution is -2.40. The zero-order valence-corrected chi connectivity index (χ0v) is 8.58. The van der Waals surface area contributed by atoms with Gasteiger partial charge in [0.15, 0.2) is 6.20 Å². The summed E-state index contributed by atoms with van der Waals surface area (Å²) in [6.45, 7) is 0. The van der Waals surface area contributed by atoms with Crippen molar-refractivity contribution in [1.29, 1.82) is 0 Å². The second-order valence-corrected chi connectivity index (χ2v) is 3.65. The maximum absolute atomic E-state index is 12.1. The first-order valence-corrected chi connectivity index (χ1v) is 4.97. The van der Waals surface area contributed by atoms with Crippen LogP contribution in [-0.2, 0) is 0 Å². The molecule has 17 heavy (non-hydrogen) atoms. The van der Waals surface area contributed by atoms with Gasteiger partial charge in [-0.1, -0.05) is 0 Å². The van der Waals surface area contributed by atoms with Crippen LogP contribution in [0.25, 0.3) is 0 Å². The van der Waals surface area contributed by atoms with Gasteiger partial charge in [0.1, 0.15) is 11.3 Å². The molecule has 0 N–H and O–H groups in total. The standard InChI is InChI=1S/C12H6N2O3/c15-11-7-3-1-5-13-9(7)12(16)10-8(11)4-2-6-14(10)17/h1-6H. The number of ketones is 2. The molecule has 1 aliphatic rings. The Bertz CT molecular complexity index is 665. The van der Waals surface area contributed by atoms with E-state index in [1.54, 1.807) is 6.07 Å². The van der Waals surface area contributed by atoms with E-state index in [0.29, 0.717) is 4.73 Å². The van der Waals surface area contributed by atoms with E-state index in [9.17, 15) is 14.8 Å². The fourth-order valence-electron chi connectivity index (χ4n) is 1.92. The molecule has 2 aromatic rings. The fourth-order valence-corrected chi connectivity index (χ4v) is 1.92. The molecule has 1 aliphatic carbocycles. The van der Waals surface area contributed by atoms with Crippen LogP contribution in [0.4, 0.5) is 0 Å². The number of hydrogen-bond donors (Lipinski definition) is 0. The Labute approximate surface area is 95.9 Å². The van der Waals surface area contributed by atoms with Crippen LogP contribution in [0.2, 0.25) is 0 Å². The molecule has 0 fully saturated rings. The number of carbonyl (C=O) groups excluding carboxylic acids is 2. The van der Waals surface area contributed by atoms with Crippen molar-refractivity contribution in [3.05, 3.63) is 64.4 Å². The van der Waals surface area contributed by atoms with E-state index in [2.05, 4.69) is 4.98 Å². The molecular weight excluding hydrogens is 220 g/mol. The topological polar surface area (TPSA) is 74.0 Å². The van der Waals surface area contributed by atoms with Gasteiger partial charge in [0.2, 0.25) is 5.78 Å². The van der Waals surface area contributed by atoms with E-state index in [1.165, 1.54) is 30.6 Å². The molecule has 5 nitrogen and oxygen atoms in total. The third-order valence-electron chi connectivity index (χ3n) is 2.69. The average molecular weight is 226 g/mol. The first-order chi connectivity index (χ1) is 8.20. The second-order valence-electron chi connectivity index (χ2n) is 3.65. The summed E-state index contributed by atoms with van der Waals surface area (Å²) in [7, 11) is 0. The summed E-state index contributed by atoms with van der Waals surface area (Å²) in [5.41, 5.74) is 0.272. The van der Waals surface area contributed by atoms with Gasteiger partial charge < -0.3 is 5.21 Å². The zero-order chi connectivity index (χ0) is 12.0. The van der Waals surface area contributed by atoms with Crippen molar-refractivity contribution in [2.75, 3.05) is 0 Å². The lowest BCUT2D eigenvalue weighted by molar-refractivity contribution is -0.607. The molecule has 0 spiro atoms. The van der Waals surface area contributed by atoms with Crippen molar-refractivity contribution in [2.45, 2.75) is 0 Å². The van der Waals surface area contributed by atoms with Crippen LogP contribution in [-0.4, -0.2) is 16.6 Å². The number of aromatic nitrogens is 2. The molecule has 0 saturated heterocycles. The first kappa shape index (κ1) is 9.65. The SMILES string of the molecule is O=C1c2cccnc2C(=O)c2c1ccc[n+]2[O-]. The van der Waals surface area contributed by atoms with Crippen molar-refractivity contribution in [1.82, 2.24) is 4.98 Å². The highest BCUT2D eigenvalue weighted by Gasteiger charge is 2.36. The summed E-state index contributed by atoms with van der Waals surface area (Å²) in [5, 5.41) is 11.5. The number of pyridine rings is 2. The van der Waals surface area contributed by atoms with Gasteiger partial charge in [0.25, 0.3) is 11.5 Å². The van der Waals surface area contributed by atoms with Gasteiger partial charge in [-0.2, -0.15) is 4.73 Å². The van der Waals surface area contributed by atoms with Crippen molar-refractivity contribution in [3.63, 3.8) is 0 Å². The molecule has 0 atom stereocenters. The van der Waals surface area contributed by atoms with Crippen molar-refractivity contribution >= 4 is 11.6 Å². The Hall–Kier alpha value is -2.56. The first-order valence-electron chi connectivity index (χ1n) is 4.97. The minimum Gasteiger partial charge on any atom is -0.618 e. The summed E-state index contributed by atoms with van der Waals surface area (Å²) < 4.78 is 0.410. The Kier molecular flexibility index (Phi) is 1.82. The molecule has 0 aromatic carbocycles. The summed E-state index contributed by atoms with van der Waals surface area (Å²) in [5.74, 6) is -0.848. The van der Waals surface area contributed by atoms with Gasteiger partial charge >= 0.3 is 0 Å². The van der Waals surface area contributed by atoms with Gasteiger partial charge in [-0.25, -0.2) is 0 Å². The number of nitrogens with zero attached hydrogens (tertiary/aromatic N) is 2. The average Bonchev–Trinajstić information content (AvgIpc) is 2.36. The van der Waals surface area contributed by atoms with Crippen LogP contribution in [0, 0.1) is 5.21 Å². The van der Waals surface area contributed by atoms with Crippen molar-refractivity contribution < 1.29 is 14.3 Å². The van der Waals surface area contributed by atoms with Crippen LogP contribution >= 0.6 is 0 Å². The van der Waals surface area contributed by atoms with Crippen molar-refractivity contribution in [3.8, 4) is 0 Å². The maximum atomic E-state index is 12.1. The van der Waals surface area contributed by atoms with Crippen LogP contribution in [0.1, 0.15) is 32.1 Å². The molecule has 0 unspecified atom stereocenters. The summed E-state index contributed by atoms with van der Waals surface area (Å²) >= 11 is 0. The molecule has 0 amide bonds. The molecule has 0 bridgehead atoms. The Morgan fingerprint density at radius 1 is 1.06 bits per heavy atom. The molecule has 0 radical (unpaired) electrons. The van der Waals surface area contributed by atoms with E-state index in [4.69, 9.17) is 0 Å². The molecule has 2 aromatic heterocycles.